The molecule has 1 aromatic carbocycles. The molecule has 4 nitrogen and oxygen atoms in total. The second kappa shape index (κ2) is 6.18. The summed E-state index contributed by atoms with van der Waals surface area (Å²) in [6, 6.07) is 6.97. The van der Waals surface area contributed by atoms with Crippen LogP contribution in [0.4, 0.5) is 5.69 Å². The summed E-state index contributed by atoms with van der Waals surface area (Å²) in [5, 5.41) is 3.55. The fraction of sp³-hybridized carbons (Fsp3) is 0.462. The van der Waals surface area contributed by atoms with Crippen LogP contribution in [0.3, 0.4) is 0 Å². The Bertz CT molecular complexity index is 402. The van der Waals surface area contributed by atoms with Crippen LogP contribution >= 0.6 is 11.6 Å². The Morgan fingerprint density at radius 2 is 1.94 bits per heavy atom. The van der Waals surface area contributed by atoms with Crippen molar-refractivity contribution >= 4 is 23.2 Å². The number of hydrogen-bond donors (Lipinski definition) is 1. The van der Waals surface area contributed by atoms with Crippen molar-refractivity contribution in [3.63, 3.8) is 0 Å². The van der Waals surface area contributed by atoms with E-state index in [-0.39, 0.29) is 11.9 Å². The molecular formula is C13H17ClN2O2. The molecule has 1 aromatic rings. The van der Waals surface area contributed by atoms with Crippen molar-refractivity contribution in [1.82, 2.24) is 4.90 Å². The highest BCUT2D eigenvalue weighted by molar-refractivity contribution is 6.30. The van der Waals surface area contributed by atoms with Crippen LogP contribution in [0.1, 0.15) is 6.92 Å². The molecule has 1 heterocycles. The summed E-state index contributed by atoms with van der Waals surface area (Å²) in [5.41, 5.74) is 0.768. The number of rotatable bonds is 3. The molecule has 1 N–H and O–H groups in total. The lowest BCUT2D eigenvalue weighted by Gasteiger charge is -2.31. The molecule has 1 aliphatic heterocycles. The Morgan fingerprint density at radius 1 is 1.33 bits per heavy atom. The lowest BCUT2D eigenvalue weighted by molar-refractivity contribution is -0.122. The Hall–Kier alpha value is -1.10. The largest absolute Gasteiger partial charge is 0.379 e. The highest BCUT2D eigenvalue weighted by atomic mass is 35.5. The molecule has 0 aromatic heterocycles. The van der Waals surface area contributed by atoms with Gasteiger partial charge < -0.3 is 10.1 Å². The number of ether oxygens (including phenoxy) is 1. The number of morpholine rings is 1. The van der Waals surface area contributed by atoms with Crippen LogP contribution in [0.5, 0.6) is 0 Å². The smallest absolute Gasteiger partial charge is 0.241 e. The Morgan fingerprint density at radius 3 is 2.56 bits per heavy atom. The van der Waals surface area contributed by atoms with E-state index in [1.165, 1.54) is 0 Å². The van der Waals surface area contributed by atoms with Crippen LogP contribution < -0.4 is 5.32 Å². The van der Waals surface area contributed by atoms with Gasteiger partial charge in [-0.25, -0.2) is 0 Å². The van der Waals surface area contributed by atoms with E-state index in [9.17, 15) is 4.79 Å². The second-order valence-electron chi connectivity index (χ2n) is 4.32. The maximum Gasteiger partial charge on any atom is 0.241 e. The summed E-state index contributed by atoms with van der Waals surface area (Å²) in [6.45, 7) is 4.90. The maximum atomic E-state index is 12.1. The first-order valence-electron chi connectivity index (χ1n) is 6.05. The number of hydrogen-bond acceptors (Lipinski definition) is 3. The van der Waals surface area contributed by atoms with Crippen molar-refractivity contribution in [2.24, 2.45) is 0 Å². The molecule has 0 bridgehead atoms. The van der Waals surface area contributed by atoms with Crippen molar-refractivity contribution in [2.45, 2.75) is 13.0 Å². The minimum Gasteiger partial charge on any atom is -0.379 e. The summed E-state index contributed by atoms with van der Waals surface area (Å²) in [5.74, 6) is -0.000720. The molecule has 1 amide bonds. The van der Waals surface area contributed by atoms with E-state index in [0.717, 1.165) is 18.8 Å². The van der Waals surface area contributed by atoms with E-state index in [2.05, 4.69) is 10.2 Å². The van der Waals surface area contributed by atoms with E-state index in [0.29, 0.717) is 18.2 Å². The minimum atomic E-state index is -0.149. The van der Waals surface area contributed by atoms with Crippen LogP contribution in [-0.2, 0) is 9.53 Å². The molecule has 1 atom stereocenters. The van der Waals surface area contributed by atoms with Crippen molar-refractivity contribution in [2.75, 3.05) is 31.6 Å². The van der Waals surface area contributed by atoms with Crippen molar-refractivity contribution in [1.29, 1.82) is 0 Å². The normalized spacial score (nSPS) is 18.3. The molecule has 1 aliphatic rings. The number of carbonyl (C=O) groups is 1. The number of nitrogens with one attached hydrogen (secondary N) is 1. The number of benzene rings is 1. The Kier molecular flexibility index (Phi) is 4.58. The van der Waals surface area contributed by atoms with Gasteiger partial charge in [0, 0.05) is 23.8 Å². The number of amides is 1. The fourth-order valence-electron chi connectivity index (χ4n) is 1.91. The van der Waals surface area contributed by atoms with Gasteiger partial charge in [0.1, 0.15) is 0 Å². The maximum absolute atomic E-state index is 12.1. The molecule has 0 radical (unpaired) electrons. The lowest BCUT2D eigenvalue weighted by atomic mass is 10.2. The molecule has 1 saturated heterocycles. The van der Waals surface area contributed by atoms with Gasteiger partial charge in [-0.05, 0) is 31.2 Å². The molecule has 18 heavy (non-hydrogen) atoms. The number of nitrogens with zero attached hydrogens (tertiary/aromatic N) is 1. The topological polar surface area (TPSA) is 41.6 Å². The first-order chi connectivity index (χ1) is 8.66. The molecule has 98 valence electrons. The zero-order valence-electron chi connectivity index (χ0n) is 10.4. The number of anilines is 1. The third-order valence-corrected chi connectivity index (χ3v) is 3.34. The predicted molar refractivity (Wildman–Crippen MR) is 71.9 cm³/mol. The van der Waals surface area contributed by atoms with Crippen molar-refractivity contribution in [3.8, 4) is 0 Å². The third-order valence-electron chi connectivity index (χ3n) is 3.08. The zero-order valence-corrected chi connectivity index (χ0v) is 11.1. The van der Waals surface area contributed by atoms with E-state index in [1.807, 2.05) is 6.92 Å². The number of halogens is 1. The first kappa shape index (κ1) is 13.3. The molecule has 0 unspecified atom stereocenters. The Labute approximate surface area is 112 Å². The van der Waals surface area contributed by atoms with Gasteiger partial charge in [-0.2, -0.15) is 0 Å². The quantitative estimate of drug-likeness (QED) is 0.912. The van der Waals surface area contributed by atoms with Crippen LogP contribution in [0.2, 0.25) is 5.02 Å². The first-order valence-corrected chi connectivity index (χ1v) is 6.43. The molecule has 0 saturated carbocycles. The third kappa shape index (κ3) is 3.45. The molecule has 1 fully saturated rings. The summed E-state index contributed by atoms with van der Waals surface area (Å²) in [4.78, 5) is 14.2. The van der Waals surface area contributed by atoms with Gasteiger partial charge in [0.05, 0.1) is 19.3 Å². The summed E-state index contributed by atoms with van der Waals surface area (Å²) < 4.78 is 5.27. The van der Waals surface area contributed by atoms with Gasteiger partial charge in [0.15, 0.2) is 0 Å². The average molecular weight is 269 g/mol. The van der Waals surface area contributed by atoms with Gasteiger partial charge in [0.25, 0.3) is 0 Å². The van der Waals surface area contributed by atoms with Crippen LogP contribution in [0.25, 0.3) is 0 Å². The van der Waals surface area contributed by atoms with Crippen LogP contribution in [0, 0.1) is 0 Å². The predicted octanol–water partition coefficient (Wildman–Crippen LogP) is 2.00. The van der Waals surface area contributed by atoms with E-state index < -0.39 is 0 Å². The van der Waals surface area contributed by atoms with E-state index in [1.54, 1.807) is 24.3 Å². The molecule has 0 aliphatic carbocycles. The molecule has 0 spiro atoms. The molecule has 5 heteroatoms. The van der Waals surface area contributed by atoms with Gasteiger partial charge >= 0.3 is 0 Å². The standard InChI is InChI=1S/C13H17ClN2O2/c1-10(16-6-8-18-9-7-16)13(17)15-12-4-2-11(14)3-5-12/h2-5,10H,6-9H2,1H3,(H,15,17)/t10-/m0/s1. The summed E-state index contributed by atoms with van der Waals surface area (Å²) >= 11 is 5.80. The van der Waals surface area contributed by atoms with Crippen molar-refractivity contribution < 1.29 is 9.53 Å². The van der Waals surface area contributed by atoms with Crippen LogP contribution in [0.15, 0.2) is 24.3 Å². The van der Waals surface area contributed by atoms with Gasteiger partial charge in [0.2, 0.25) is 5.91 Å². The lowest BCUT2D eigenvalue weighted by Crippen LogP contribution is -2.47. The second-order valence-corrected chi connectivity index (χ2v) is 4.76. The summed E-state index contributed by atoms with van der Waals surface area (Å²) in [6.07, 6.45) is 0. The van der Waals surface area contributed by atoms with Gasteiger partial charge in [-0.15, -0.1) is 0 Å². The highest BCUT2D eigenvalue weighted by Gasteiger charge is 2.22. The molecule has 2 rings (SSSR count). The molecular weight excluding hydrogens is 252 g/mol. The van der Waals surface area contributed by atoms with E-state index in [4.69, 9.17) is 16.3 Å². The highest BCUT2D eigenvalue weighted by Crippen LogP contribution is 2.14. The fourth-order valence-corrected chi connectivity index (χ4v) is 2.04. The monoisotopic (exact) mass is 268 g/mol. The number of carbonyl (C=O) groups excluding carboxylic acids is 1. The van der Waals surface area contributed by atoms with Crippen LogP contribution in [-0.4, -0.2) is 43.2 Å². The average Bonchev–Trinajstić information content (AvgIpc) is 2.41. The van der Waals surface area contributed by atoms with Crippen molar-refractivity contribution in [3.05, 3.63) is 29.3 Å². The summed E-state index contributed by atoms with van der Waals surface area (Å²) in [7, 11) is 0. The minimum absolute atomic E-state index is 0.000720. The van der Waals surface area contributed by atoms with E-state index >= 15 is 0 Å². The van der Waals surface area contributed by atoms with Gasteiger partial charge in [-0.1, -0.05) is 11.6 Å². The SMILES string of the molecule is C[C@@H](C(=O)Nc1ccc(Cl)cc1)N1CCOCC1. The van der Waals surface area contributed by atoms with Gasteiger partial charge in [-0.3, -0.25) is 9.69 Å². The Balaban J connectivity index is 1.92. The zero-order chi connectivity index (χ0) is 13.0.